The van der Waals surface area contributed by atoms with Gasteiger partial charge in [-0.25, -0.2) is 0 Å². The maximum Gasteiger partial charge on any atom is 0.392 e. The zero-order valence-electron chi connectivity index (χ0n) is 62.2. The molecule has 0 aromatic rings. The SMILES string of the molecule is CC1CC(C(F)(F)F)C[C@@H](C)C1.CC1CC(C)C(C(F)(F)F)C1.CC1CCC(C(F)(F)F)C1C.CC1CCCC(C(F)(F)F)[C@@H]1C.CCC(C)(C)C.CCC(C)C(F)(F)F.CCCC(C)(C)C.CCCC(C)C.CCCC(C)C(F)(F)F.[2H]C([2H])(C)C(C)(C)C. The van der Waals surface area contributed by atoms with Crippen molar-refractivity contribution >= 4 is 0 Å². The van der Waals surface area contributed by atoms with Gasteiger partial charge in [0.15, 0.2) is 0 Å². The third-order valence-electron chi connectivity index (χ3n) is 17.3. The van der Waals surface area contributed by atoms with Gasteiger partial charge in [0.2, 0.25) is 0 Å². The van der Waals surface area contributed by atoms with Gasteiger partial charge in [-0.1, -0.05) is 238 Å². The van der Waals surface area contributed by atoms with Crippen molar-refractivity contribution in [3.63, 3.8) is 0 Å². The molecule has 0 N–H and O–H groups in total. The Morgan fingerprint density at radius 3 is 0.886 bits per heavy atom. The molecule has 4 fully saturated rings. The minimum atomic E-state index is -3.99. The minimum absolute atomic E-state index is 0.170. The van der Waals surface area contributed by atoms with Crippen LogP contribution in [0, 0.1) is 105 Å². The predicted octanol–water partition coefficient (Wildman–Crippen LogP) is 29.4. The Hall–Kier alpha value is -1.26. The van der Waals surface area contributed by atoms with Crippen LogP contribution in [0.5, 0.6) is 0 Å². The van der Waals surface area contributed by atoms with E-state index in [0.29, 0.717) is 49.4 Å². The smallest absolute Gasteiger partial charge is 0.171 e. The zero-order chi connectivity index (χ0) is 73.4. The van der Waals surface area contributed by atoms with Crippen molar-refractivity contribution in [3.8, 4) is 0 Å². The fourth-order valence-corrected chi connectivity index (χ4v) is 10.3. The quantitative estimate of drug-likeness (QED) is 0.233. The van der Waals surface area contributed by atoms with E-state index in [4.69, 9.17) is 2.74 Å². The number of halogens is 18. The normalized spacial score (nSPS) is 27.2. The lowest BCUT2D eigenvalue weighted by Crippen LogP contribution is -2.35. The Kier molecular flexibility index (Phi) is 47.8. The summed E-state index contributed by atoms with van der Waals surface area (Å²) in [6, 6.07) is 0. The van der Waals surface area contributed by atoms with Crippen LogP contribution in [-0.2, 0) is 0 Å². The molecule has 18 heteroatoms. The molecule has 4 aliphatic rings. The summed E-state index contributed by atoms with van der Waals surface area (Å²) in [5.41, 5.74) is 0.863. The average Bonchev–Trinajstić information content (AvgIpc) is 2.03. The van der Waals surface area contributed by atoms with E-state index in [1.54, 1.807) is 34.6 Å². The lowest BCUT2D eigenvalue weighted by molar-refractivity contribution is -0.199. The minimum Gasteiger partial charge on any atom is -0.171 e. The van der Waals surface area contributed by atoms with Crippen LogP contribution in [0.1, 0.15) is 312 Å². The summed E-state index contributed by atoms with van der Waals surface area (Å²) < 4.78 is 231. The van der Waals surface area contributed by atoms with Crippen molar-refractivity contribution in [1.82, 2.24) is 0 Å². The van der Waals surface area contributed by atoms with E-state index in [9.17, 15) is 79.0 Å². The first kappa shape index (κ1) is 93.1. The first-order valence-corrected chi connectivity index (χ1v) is 33.2. The lowest BCUT2D eigenvalue weighted by atomic mass is 9.73. The molecule has 0 aromatic heterocycles. The Labute approximate surface area is 531 Å². The van der Waals surface area contributed by atoms with Gasteiger partial charge in [-0.2, -0.15) is 79.0 Å². The maximum atomic E-state index is 12.4. The summed E-state index contributed by atoms with van der Waals surface area (Å²) in [4.78, 5) is 0. The van der Waals surface area contributed by atoms with Crippen molar-refractivity contribution in [1.29, 1.82) is 0 Å². The molecule has 4 saturated carbocycles. The molecular formula is C70H134F18. The first-order chi connectivity index (χ1) is 39.8. The molecule has 4 rings (SSSR count). The van der Waals surface area contributed by atoms with E-state index < -0.39 is 78.9 Å². The predicted molar refractivity (Wildman–Crippen MR) is 337 cm³/mol. The molecule has 540 valence electrons. The molecule has 0 bridgehead atoms. The fraction of sp³-hybridized carbons (Fsp3) is 1.00. The molecule has 0 aromatic carbocycles. The molecule has 0 aliphatic heterocycles. The summed E-state index contributed by atoms with van der Waals surface area (Å²) in [6.45, 7) is 52.3. The fourth-order valence-electron chi connectivity index (χ4n) is 10.3. The van der Waals surface area contributed by atoms with Gasteiger partial charge in [-0.3, -0.25) is 0 Å². The summed E-state index contributed by atoms with van der Waals surface area (Å²) in [5.74, 6) is -4.95. The number of rotatable bonds is 6. The van der Waals surface area contributed by atoms with Crippen molar-refractivity contribution in [2.75, 3.05) is 0 Å². The van der Waals surface area contributed by atoms with Crippen LogP contribution in [0.3, 0.4) is 0 Å². The molecule has 4 aliphatic carbocycles. The molecule has 0 radical (unpaired) electrons. The third kappa shape index (κ3) is 55.2. The summed E-state index contributed by atoms with van der Waals surface area (Å²) >= 11 is 0. The summed E-state index contributed by atoms with van der Waals surface area (Å²) in [6.07, 6.45) is -11.6. The highest BCUT2D eigenvalue weighted by atomic mass is 19.4. The van der Waals surface area contributed by atoms with Crippen LogP contribution in [-0.4, -0.2) is 37.1 Å². The van der Waals surface area contributed by atoms with E-state index in [1.807, 2.05) is 55.4 Å². The number of hydrogen-bond acceptors (Lipinski definition) is 0. The van der Waals surface area contributed by atoms with Gasteiger partial charge in [0.05, 0.1) is 35.5 Å². The molecular weight excluding hydrogens is 1180 g/mol. The van der Waals surface area contributed by atoms with E-state index >= 15 is 0 Å². The van der Waals surface area contributed by atoms with Crippen LogP contribution >= 0.6 is 0 Å². The maximum absolute atomic E-state index is 12.4. The van der Waals surface area contributed by atoms with Gasteiger partial charge in [0, 0.05) is 2.74 Å². The molecule has 12 unspecified atom stereocenters. The summed E-state index contributed by atoms with van der Waals surface area (Å²) in [7, 11) is 0. The largest absolute Gasteiger partial charge is 0.392 e. The van der Waals surface area contributed by atoms with E-state index in [-0.39, 0.29) is 65.6 Å². The Morgan fingerprint density at radius 2 is 0.727 bits per heavy atom. The van der Waals surface area contributed by atoms with Gasteiger partial charge < -0.3 is 0 Å². The van der Waals surface area contributed by atoms with Crippen LogP contribution in [0.4, 0.5) is 79.0 Å². The summed E-state index contributed by atoms with van der Waals surface area (Å²) in [5, 5.41) is 0. The van der Waals surface area contributed by atoms with Crippen LogP contribution in [0.25, 0.3) is 0 Å². The second-order valence-electron chi connectivity index (χ2n) is 30.3. The molecule has 14 atom stereocenters. The van der Waals surface area contributed by atoms with Crippen molar-refractivity contribution in [2.24, 2.45) is 105 Å². The highest BCUT2D eigenvalue weighted by molar-refractivity contribution is 4.85. The van der Waals surface area contributed by atoms with E-state index in [0.717, 1.165) is 38.0 Å². The Bertz CT molecular complexity index is 1650. The van der Waals surface area contributed by atoms with Gasteiger partial charge in [0.1, 0.15) is 0 Å². The van der Waals surface area contributed by atoms with Gasteiger partial charge in [-0.05, 0) is 140 Å². The van der Waals surface area contributed by atoms with Crippen molar-refractivity contribution in [2.45, 2.75) is 346 Å². The van der Waals surface area contributed by atoms with Crippen LogP contribution in [0.2, 0.25) is 0 Å². The highest BCUT2D eigenvalue weighted by Crippen LogP contribution is 2.48. The first-order valence-electron chi connectivity index (χ1n) is 34.2. The number of alkyl halides is 18. The topological polar surface area (TPSA) is 0 Å². The Balaban J connectivity index is -0.000000220. The molecule has 0 nitrogen and oxygen atoms in total. The second kappa shape index (κ2) is 45.2. The van der Waals surface area contributed by atoms with Crippen LogP contribution < -0.4 is 0 Å². The highest BCUT2D eigenvalue weighted by Gasteiger charge is 2.49. The molecule has 0 saturated heterocycles. The standard InChI is InChI=1S/2C9H15F3.2C8H13F3.C7H16.C6H11F3.3C6H14.C5H9F3/c1-6-3-7(2)5-8(4-6)9(10,11)12;1-6-4-3-5-8(7(6)2)9(10,11)12;1-5-3-6(2)7(4-5)8(9,10)11;1-5-3-4-7(6(5)2)8(9,10)11;1-5-6-7(2,3)4;1-3-4-5(2)6(7,8)9;2*1-5-6(2,3)4;1-4-5-6(2)3;1-3-4(2)5(6,7)8/h2*6-8H,3-5H2,1-2H3;2*5-7H,3-4H2,1-2H3;5-6H2,1-4H3;5H,3-4H2,1-2H3;2*5H2,1-4H3;6H,4-5H2,1-3H3;4H,3H2,1-2H3/t6-,7?,8?;6?,7-,8?;;;;;;;;/m01......../s1/i;;;;;;5D2;;;. The van der Waals surface area contributed by atoms with E-state index in [2.05, 4.69) is 76.2 Å². The van der Waals surface area contributed by atoms with Crippen LogP contribution in [0.15, 0.2) is 0 Å². The molecule has 0 spiro atoms. The molecule has 0 heterocycles. The third-order valence-corrected chi connectivity index (χ3v) is 17.3. The van der Waals surface area contributed by atoms with Crippen molar-refractivity contribution < 1.29 is 81.8 Å². The Morgan fingerprint density at radius 1 is 0.375 bits per heavy atom. The molecule has 0 amide bonds. The average molecular weight is 1320 g/mol. The molecule has 88 heavy (non-hydrogen) atoms. The monoisotopic (exact) mass is 1320 g/mol. The number of hydrogen-bond donors (Lipinski definition) is 0. The second-order valence-corrected chi connectivity index (χ2v) is 30.3. The van der Waals surface area contributed by atoms with Crippen molar-refractivity contribution in [3.05, 3.63) is 0 Å². The zero-order valence-corrected chi connectivity index (χ0v) is 60.2. The van der Waals surface area contributed by atoms with Gasteiger partial charge >= 0.3 is 37.1 Å². The van der Waals surface area contributed by atoms with Gasteiger partial charge in [0.25, 0.3) is 0 Å². The van der Waals surface area contributed by atoms with E-state index in [1.165, 1.54) is 52.9 Å². The lowest BCUT2D eigenvalue weighted by Gasteiger charge is -2.35. The van der Waals surface area contributed by atoms with Gasteiger partial charge in [-0.15, -0.1) is 0 Å².